The molecule has 0 unspecified atom stereocenters. The summed E-state index contributed by atoms with van der Waals surface area (Å²) in [5.41, 5.74) is 4.86. The summed E-state index contributed by atoms with van der Waals surface area (Å²) < 4.78 is 0. The van der Waals surface area contributed by atoms with Gasteiger partial charge < -0.3 is 10.2 Å². The third kappa shape index (κ3) is 1.71. The van der Waals surface area contributed by atoms with Crippen LogP contribution >= 0.6 is 0 Å². The monoisotopic (exact) mass is 252 g/mol. The quantitative estimate of drug-likeness (QED) is 0.543. The molecule has 1 aliphatic carbocycles. The van der Waals surface area contributed by atoms with Gasteiger partial charge in [0.05, 0.1) is 6.26 Å². The molecule has 0 fully saturated rings. The molecule has 2 N–H and O–H groups in total. The SMILES string of the molecule is O=C(O)C(=CO)c1cccc2c1Cc1ccccc1-2. The molecule has 0 bridgehead atoms. The first-order valence-corrected chi connectivity index (χ1v) is 6.00. The van der Waals surface area contributed by atoms with Crippen LogP contribution in [0.25, 0.3) is 16.7 Å². The number of aliphatic carboxylic acids is 1. The summed E-state index contributed by atoms with van der Waals surface area (Å²) in [6, 6.07) is 13.6. The summed E-state index contributed by atoms with van der Waals surface area (Å²) in [6.45, 7) is 0. The van der Waals surface area contributed by atoms with Crippen LogP contribution in [0.15, 0.2) is 48.7 Å². The Hall–Kier alpha value is -2.55. The Morgan fingerprint density at radius 3 is 2.53 bits per heavy atom. The fraction of sp³-hybridized carbons (Fsp3) is 0.0625. The van der Waals surface area contributed by atoms with Gasteiger partial charge in [-0.05, 0) is 34.2 Å². The molecule has 0 aliphatic heterocycles. The van der Waals surface area contributed by atoms with Crippen molar-refractivity contribution in [1.29, 1.82) is 0 Å². The first kappa shape index (κ1) is 11.5. The standard InChI is InChI=1S/C16H12O3/c17-9-15(16(18)19)13-7-3-6-12-11-5-2-1-4-10(11)8-14(12)13/h1-7,9,17H,8H2,(H,18,19). The lowest BCUT2D eigenvalue weighted by Gasteiger charge is -2.08. The molecule has 3 heteroatoms. The molecule has 19 heavy (non-hydrogen) atoms. The lowest BCUT2D eigenvalue weighted by molar-refractivity contribution is -0.130. The number of aliphatic hydroxyl groups is 1. The molecule has 3 rings (SSSR count). The minimum absolute atomic E-state index is 0.0651. The highest BCUT2D eigenvalue weighted by Gasteiger charge is 2.23. The van der Waals surface area contributed by atoms with Gasteiger partial charge in [-0.2, -0.15) is 0 Å². The topological polar surface area (TPSA) is 57.5 Å². The molecule has 2 aromatic rings. The molecule has 0 radical (unpaired) electrons. The van der Waals surface area contributed by atoms with Crippen LogP contribution in [0, 0.1) is 0 Å². The van der Waals surface area contributed by atoms with Crippen molar-refractivity contribution >= 4 is 11.5 Å². The number of hydrogen-bond donors (Lipinski definition) is 2. The number of fused-ring (bicyclic) bond motifs is 3. The Kier molecular flexibility index (Phi) is 2.60. The number of hydrogen-bond acceptors (Lipinski definition) is 2. The van der Waals surface area contributed by atoms with E-state index >= 15 is 0 Å². The van der Waals surface area contributed by atoms with Crippen molar-refractivity contribution in [3.8, 4) is 11.1 Å². The van der Waals surface area contributed by atoms with E-state index in [9.17, 15) is 4.79 Å². The average molecular weight is 252 g/mol. The van der Waals surface area contributed by atoms with E-state index in [0.29, 0.717) is 18.2 Å². The summed E-state index contributed by atoms with van der Waals surface area (Å²) in [5, 5.41) is 18.3. The Labute approximate surface area is 110 Å². The number of carbonyl (C=O) groups is 1. The molecule has 0 saturated heterocycles. The van der Waals surface area contributed by atoms with E-state index in [0.717, 1.165) is 16.7 Å². The average Bonchev–Trinajstić information content (AvgIpc) is 2.79. The molecule has 3 nitrogen and oxygen atoms in total. The van der Waals surface area contributed by atoms with Gasteiger partial charge in [-0.25, -0.2) is 4.79 Å². The Bertz CT molecular complexity index is 699. The molecular formula is C16H12O3. The molecule has 0 atom stereocenters. The minimum atomic E-state index is -1.12. The van der Waals surface area contributed by atoms with E-state index in [-0.39, 0.29) is 5.57 Å². The van der Waals surface area contributed by atoms with Crippen LogP contribution in [0.4, 0.5) is 0 Å². The highest BCUT2D eigenvalue weighted by atomic mass is 16.4. The van der Waals surface area contributed by atoms with Crippen molar-refractivity contribution in [2.45, 2.75) is 6.42 Å². The van der Waals surface area contributed by atoms with Crippen LogP contribution in [0.2, 0.25) is 0 Å². The van der Waals surface area contributed by atoms with E-state index in [4.69, 9.17) is 10.2 Å². The zero-order valence-corrected chi connectivity index (χ0v) is 10.1. The van der Waals surface area contributed by atoms with Crippen molar-refractivity contribution in [2.75, 3.05) is 0 Å². The summed E-state index contributed by atoms with van der Waals surface area (Å²) in [4.78, 5) is 11.2. The van der Waals surface area contributed by atoms with E-state index in [2.05, 4.69) is 0 Å². The number of carboxylic acids is 1. The van der Waals surface area contributed by atoms with Gasteiger partial charge in [-0.1, -0.05) is 42.5 Å². The van der Waals surface area contributed by atoms with Gasteiger partial charge in [-0.3, -0.25) is 0 Å². The van der Waals surface area contributed by atoms with E-state index in [1.54, 1.807) is 6.07 Å². The van der Waals surface area contributed by atoms with Crippen LogP contribution < -0.4 is 0 Å². The predicted octanol–water partition coefficient (Wildman–Crippen LogP) is 3.24. The first-order chi connectivity index (χ1) is 9.22. The summed E-state index contributed by atoms with van der Waals surface area (Å²) >= 11 is 0. The zero-order valence-electron chi connectivity index (χ0n) is 10.1. The van der Waals surface area contributed by atoms with E-state index in [1.807, 2.05) is 36.4 Å². The van der Waals surface area contributed by atoms with Gasteiger partial charge in [0.25, 0.3) is 0 Å². The summed E-state index contributed by atoms with van der Waals surface area (Å²) in [7, 11) is 0. The van der Waals surface area contributed by atoms with E-state index < -0.39 is 5.97 Å². The zero-order chi connectivity index (χ0) is 13.4. The first-order valence-electron chi connectivity index (χ1n) is 6.00. The number of rotatable bonds is 2. The van der Waals surface area contributed by atoms with Crippen LogP contribution in [-0.2, 0) is 11.2 Å². The van der Waals surface area contributed by atoms with Gasteiger partial charge in [0, 0.05) is 0 Å². The third-order valence-corrected chi connectivity index (χ3v) is 3.50. The van der Waals surface area contributed by atoms with Crippen molar-refractivity contribution in [1.82, 2.24) is 0 Å². The molecule has 0 heterocycles. The fourth-order valence-corrected chi connectivity index (χ4v) is 2.65. The molecular weight excluding hydrogens is 240 g/mol. The lowest BCUT2D eigenvalue weighted by Crippen LogP contribution is -2.02. The number of carboxylic acid groups (broad SMARTS) is 1. The minimum Gasteiger partial charge on any atom is -0.515 e. The summed E-state index contributed by atoms with van der Waals surface area (Å²) in [5.74, 6) is -1.12. The summed E-state index contributed by atoms with van der Waals surface area (Å²) in [6.07, 6.45) is 1.37. The second kappa shape index (κ2) is 4.28. The second-order valence-corrected chi connectivity index (χ2v) is 4.51. The van der Waals surface area contributed by atoms with E-state index in [1.165, 1.54) is 5.56 Å². The van der Waals surface area contributed by atoms with Crippen molar-refractivity contribution in [2.24, 2.45) is 0 Å². The van der Waals surface area contributed by atoms with Crippen molar-refractivity contribution in [3.63, 3.8) is 0 Å². The molecule has 0 saturated carbocycles. The van der Waals surface area contributed by atoms with Crippen molar-refractivity contribution < 1.29 is 15.0 Å². The van der Waals surface area contributed by atoms with Crippen LogP contribution in [0.3, 0.4) is 0 Å². The van der Waals surface area contributed by atoms with Gasteiger partial charge >= 0.3 is 5.97 Å². The fourth-order valence-electron chi connectivity index (χ4n) is 2.65. The predicted molar refractivity (Wildman–Crippen MR) is 72.9 cm³/mol. The number of benzene rings is 2. The van der Waals surface area contributed by atoms with Gasteiger partial charge in [0.1, 0.15) is 5.57 Å². The molecule has 0 aromatic heterocycles. The molecule has 2 aromatic carbocycles. The van der Waals surface area contributed by atoms with Crippen LogP contribution in [0.1, 0.15) is 16.7 Å². The highest BCUT2D eigenvalue weighted by Crippen LogP contribution is 2.39. The number of aliphatic hydroxyl groups excluding tert-OH is 1. The normalized spacial score (nSPS) is 12.9. The maximum absolute atomic E-state index is 11.2. The lowest BCUT2D eigenvalue weighted by atomic mass is 9.96. The highest BCUT2D eigenvalue weighted by molar-refractivity contribution is 6.16. The second-order valence-electron chi connectivity index (χ2n) is 4.51. The van der Waals surface area contributed by atoms with Gasteiger partial charge in [0.2, 0.25) is 0 Å². The van der Waals surface area contributed by atoms with Gasteiger partial charge in [0.15, 0.2) is 0 Å². The van der Waals surface area contributed by atoms with Crippen LogP contribution in [-0.4, -0.2) is 16.2 Å². The molecule has 94 valence electrons. The Morgan fingerprint density at radius 1 is 1.05 bits per heavy atom. The Balaban J connectivity index is 2.21. The maximum atomic E-state index is 11.2. The maximum Gasteiger partial charge on any atom is 0.339 e. The van der Waals surface area contributed by atoms with Crippen LogP contribution in [0.5, 0.6) is 0 Å². The van der Waals surface area contributed by atoms with Crippen molar-refractivity contribution in [3.05, 3.63) is 65.4 Å². The molecule has 0 spiro atoms. The smallest absolute Gasteiger partial charge is 0.339 e. The molecule has 0 amide bonds. The molecule has 1 aliphatic rings. The Morgan fingerprint density at radius 2 is 1.79 bits per heavy atom. The largest absolute Gasteiger partial charge is 0.515 e. The van der Waals surface area contributed by atoms with Gasteiger partial charge in [-0.15, -0.1) is 0 Å². The third-order valence-electron chi connectivity index (χ3n) is 3.50.